The van der Waals surface area contributed by atoms with E-state index in [0.717, 1.165) is 25.8 Å². The summed E-state index contributed by atoms with van der Waals surface area (Å²) in [6.45, 7) is 9.34. The highest BCUT2D eigenvalue weighted by molar-refractivity contribution is 5.26. The molecule has 0 spiro atoms. The van der Waals surface area contributed by atoms with Crippen LogP contribution in [0.15, 0.2) is 54.6 Å². The Hall–Kier alpha value is -2.32. The van der Waals surface area contributed by atoms with E-state index in [1.165, 1.54) is 23.6 Å². The molecule has 0 amide bonds. The molecular formula is C30H41F3N2. The van der Waals surface area contributed by atoms with Crippen molar-refractivity contribution in [3.05, 3.63) is 71.3 Å². The number of nitrogens with zero attached hydrogens (tertiary/aromatic N) is 2. The lowest BCUT2D eigenvalue weighted by molar-refractivity contribution is -0.182. The largest absolute Gasteiger partial charge is 0.391 e. The highest BCUT2D eigenvalue weighted by Crippen LogP contribution is 2.42. The lowest BCUT2D eigenvalue weighted by Gasteiger charge is -2.33. The van der Waals surface area contributed by atoms with E-state index >= 15 is 0 Å². The SMILES string of the molecule is CC#N.CC(C)N(CCc1ccccc1)C(C)CCc1ccc(C2CCC(C(F)(F)F)CC2)cc1. The molecule has 2 nitrogen and oxygen atoms in total. The van der Waals surface area contributed by atoms with Crippen molar-refractivity contribution in [3.63, 3.8) is 0 Å². The number of alkyl halides is 3. The van der Waals surface area contributed by atoms with Gasteiger partial charge in [0.15, 0.2) is 0 Å². The predicted molar refractivity (Wildman–Crippen MR) is 138 cm³/mol. The minimum absolute atomic E-state index is 0.265. The van der Waals surface area contributed by atoms with E-state index in [-0.39, 0.29) is 18.8 Å². The summed E-state index contributed by atoms with van der Waals surface area (Å²) in [5.41, 5.74) is 3.90. The molecule has 0 aromatic heterocycles. The number of hydrogen-bond donors (Lipinski definition) is 0. The molecule has 0 bridgehead atoms. The molecule has 0 heterocycles. The Balaban J connectivity index is 0.00000137. The maximum absolute atomic E-state index is 12.9. The molecule has 1 unspecified atom stereocenters. The molecule has 5 heteroatoms. The van der Waals surface area contributed by atoms with Crippen molar-refractivity contribution in [2.45, 2.75) is 96.8 Å². The normalized spacial score (nSPS) is 19.1. The number of benzene rings is 2. The van der Waals surface area contributed by atoms with Crippen LogP contribution in [0.25, 0.3) is 0 Å². The van der Waals surface area contributed by atoms with Crippen LogP contribution in [0.1, 0.15) is 82.4 Å². The topological polar surface area (TPSA) is 27.0 Å². The Kier molecular flexibility index (Phi) is 11.8. The van der Waals surface area contributed by atoms with Crippen LogP contribution in [0.3, 0.4) is 0 Å². The van der Waals surface area contributed by atoms with Crippen molar-refractivity contribution in [3.8, 4) is 6.07 Å². The van der Waals surface area contributed by atoms with Gasteiger partial charge in [0.2, 0.25) is 0 Å². The summed E-state index contributed by atoms with van der Waals surface area (Å²) >= 11 is 0. The van der Waals surface area contributed by atoms with E-state index < -0.39 is 12.1 Å². The van der Waals surface area contributed by atoms with Gasteiger partial charge in [-0.05, 0) is 88.3 Å². The highest BCUT2D eigenvalue weighted by atomic mass is 19.4. The van der Waals surface area contributed by atoms with Crippen LogP contribution in [0.2, 0.25) is 0 Å². The van der Waals surface area contributed by atoms with E-state index in [1.54, 1.807) is 6.07 Å². The number of halogens is 3. The van der Waals surface area contributed by atoms with Crippen molar-refractivity contribution < 1.29 is 13.2 Å². The van der Waals surface area contributed by atoms with Crippen molar-refractivity contribution in [2.24, 2.45) is 5.92 Å². The van der Waals surface area contributed by atoms with Crippen LogP contribution in [0.5, 0.6) is 0 Å². The molecule has 1 atom stereocenters. The van der Waals surface area contributed by atoms with Gasteiger partial charge in [0.25, 0.3) is 0 Å². The van der Waals surface area contributed by atoms with Crippen molar-refractivity contribution in [2.75, 3.05) is 6.54 Å². The van der Waals surface area contributed by atoms with Gasteiger partial charge < -0.3 is 0 Å². The molecule has 1 fully saturated rings. The van der Waals surface area contributed by atoms with Gasteiger partial charge in [-0.3, -0.25) is 4.90 Å². The van der Waals surface area contributed by atoms with Gasteiger partial charge in [0, 0.05) is 25.6 Å². The van der Waals surface area contributed by atoms with E-state index in [1.807, 2.05) is 0 Å². The summed E-state index contributed by atoms with van der Waals surface area (Å²) in [5.74, 6) is -0.832. The maximum Gasteiger partial charge on any atom is 0.391 e. The summed E-state index contributed by atoms with van der Waals surface area (Å²) in [7, 11) is 0. The van der Waals surface area contributed by atoms with Crippen LogP contribution in [-0.4, -0.2) is 29.7 Å². The number of rotatable bonds is 9. The second-order valence-corrected chi connectivity index (χ2v) is 10.0. The van der Waals surface area contributed by atoms with Crippen LogP contribution >= 0.6 is 0 Å². The Morgan fingerprint density at radius 3 is 1.94 bits per heavy atom. The third-order valence-electron chi connectivity index (χ3n) is 7.22. The second kappa shape index (κ2) is 14.3. The first-order valence-corrected chi connectivity index (χ1v) is 12.9. The van der Waals surface area contributed by atoms with E-state index in [0.29, 0.717) is 24.9 Å². The van der Waals surface area contributed by atoms with Crippen molar-refractivity contribution >= 4 is 0 Å². The average Bonchev–Trinajstić information content (AvgIpc) is 2.84. The molecule has 1 aliphatic rings. The Morgan fingerprint density at radius 2 is 1.43 bits per heavy atom. The zero-order chi connectivity index (χ0) is 25.8. The lowest BCUT2D eigenvalue weighted by atomic mass is 9.78. The summed E-state index contributed by atoms with van der Waals surface area (Å²) in [4.78, 5) is 2.58. The maximum atomic E-state index is 12.9. The molecule has 35 heavy (non-hydrogen) atoms. The zero-order valence-electron chi connectivity index (χ0n) is 21.7. The molecule has 1 aliphatic carbocycles. The van der Waals surface area contributed by atoms with Crippen LogP contribution in [-0.2, 0) is 12.8 Å². The minimum Gasteiger partial charge on any atom is -0.298 e. The van der Waals surface area contributed by atoms with Gasteiger partial charge >= 0.3 is 6.18 Å². The minimum atomic E-state index is -4.03. The summed E-state index contributed by atoms with van der Waals surface area (Å²) in [5, 5.41) is 7.32. The molecule has 1 saturated carbocycles. The van der Waals surface area contributed by atoms with Gasteiger partial charge in [-0.25, -0.2) is 0 Å². The van der Waals surface area contributed by atoms with Gasteiger partial charge in [-0.1, -0.05) is 54.6 Å². The third-order valence-corrected chi connectivity index (χ3v) is 7.22. The van der Waals surface area contributed by atoms with E-state index in [9.17, 15) is 13.2 Å². The molecule has 192 valence electrons. The van der Waals surface area contributed by atoms with Crippen molar-refractivity contribution in [1.29, 1.82) is 5.26 Å². The highest BCUT2D eigenvalue weighted by Gasteiger charge is 2.41. The van der Waals surface area contributed by atoms with Crippen LogP contribution in [0.4, 0.5) is 13.2 Å². The molecule has 0 aliphatic heterocycles. The van der Waals surface area contributed by atoms with Gasteiger partial charge in [0.05, 0.1) is 12.0 Å². The first-order valence-electron chi connectivity index (χ1n) is 12.9. The molecular weight excluding hydrogens is 445 g/mol. The third kappa shape index (κ3) is 9.68. The fraction of sp³-hybridized carbons (Fsp3) is 0.567. The molecule has 0 radical (unpaired) electrons. The first kappa shape index (κ1) is 28.9. The second-order valence-electron chi connectivity index (χ2n) is 10.0. The first-order chi connectivity index (χ1) is 16.7. The van der Waals surface area contributed by atoms with Gasteiger partial charge in [0.1, 0.15) is 0 Å². The number of aryl methyl sites for hydroxylation is 1. The molecule has 0 N–H and O–H groups in total. The summed E-state index contributed by atoms with van der Waals surface area (Å²) < 4.78 is 38.7. The van der Waals surface area contributed by atoms with E-state index in [4.69, 9.17) is 5.26 Å². The molecule has 3 rings (SSSR count). The van der Waals surface area contributed by atoms with Crippen LogP contribution < -0.4 is 0 Å². The molecule has 2 aromatic rings. The van der Waals surface area contributed by atoms with Gasteiger partial charge in [-0.15, -0.1) is 0 Å². The number of nitriles is 1. The Labute approximate surface area is 210 Å². The van der Waals surface area contributed by atoms with Gasteiger partial charge in [-0.2, -0.15) is 18.4 Å². The smallest absolute Gasteiger partial charge is 0.298 e. The van der Waals surface area contributed by atoms with E-state index in [2.05, 4.69) is 80.3 Å². The quantitative estimate of drug-likeness (QED) is 0.356. The fourth-order valence-electron chi connectivity index (χ4n) is 5.14. The van der Waals surface area contributed by atoms with Crippen LogP contribution in [0, 0.1) is 17.2 Å². The van der Waals surface area contributed by atoms with Crippen molar-refractivity contribution in [1.82, 2.24) is 4.90 Å². The number of hydrogen-bond acceptors (Lipinski definition) is 2. The standard InChI is InChI=1S/C28H38F3N.C2H3N/c1-21(2)32(20-19-23-7-5-4-6-8-23)22(3)9-10-24-11-13-25(14-12-24)26-15-17-27(18-16-26)28(29,30)31;1-2-3/h4-8,11-14,21-22,26-27H,9-10,15-20H2,1-3H3;1H3. The molecule has 0 saturated heterocycles. The monoisotopic (exact) mass is 486 g/mol. The average molecular weight is 487 g/mol. The Bertz CT molecular complexity index is 877. The fourth-order valence-corrected chi connectivity index (χ4v) is 5.14. The Morgan fingerprint density at radius 1 is 0.886 bits per heavy atom. The molecule has 2 aromatic carbocycles. The predicted octanol–water partition coefficient (Wildman–Crippen LogP) is 8.33. The zero-order valence-corrected chi connectivity index (χ0v) is 21.7. The summed E-state index contributed by atoms with van der Waals surface area (Å²) in [6.07, 6.45) is 0.977. The lowest BCUT2D eigenvalue weighted by Crippen LogP contribution is -2.40. The summed E-state index contributed by atoms with van der Waals surface area (Å²) in [6, 6.07) is 22.1.